The number of hydrogen-bond donors (Lipinski definition) is 0. The zero-order chi connectivity index (χ0) is 19.2. The third-order valence-corrected chi connectivity index (χ3v) is 4.00. The Bertz CT molecular complexity index is 791. The van der Waals surface area contributed by atoms with Crippen LogP contribution in [0.3, 0.4) is 0 Å². The average molecular weight is 374 g/mol. The van der Waals surface area contributed by atoms with Crippen LogP contribution < -0.4 is 14.2 Å². The fraction of sp³-hybridized carbons (Fsp3) is 0.381. The van der Waals surface area contributed by atoms with Crippen molar-refractivity contribution < 1.29 is 14.2 Å². The van der Waals surface area contributed by atoms with Crippen LogP contribution >= 0.6 is 11.6 Å². The summed E-state index contributed by atoms with van der Waals surface area (Å²) in [6.07, 6.45) is 0. The molecular weight excluding hydrogens is 350 g/mol. The van der Waals surface area contributed by atoms with Crippen molar-refractivity contribution in [3.05, 3.63) is 52.5 Å². The first-order valence-electron chi connectivity index (χ1n) is 8.58. The molecule has 0 bridgehead atoms. The smallest absolute Gasteiger partial charge is 0.179 e. The molecule has 0 radical (unpaired) electrons. The summed E-state index contributed by atoms with van der Waals surface area (Å²) >= 11 is 6.23. The van der Waals surface area contributed by atoms with Crippen molar-refractivity contribution in [1.82, 2.24) is 0 Å². The van der Waals surface area contributed by atoms with Crippen LogP contribution in [0.25, 0.3) is 0 Å². The molecule has 2 aromatic carbocycles. The van der Waals surface area contributed by atoms with E-state index in [0.717, 1.165) is 11.3 Å². The standard InChI is InChI=1S/C21H24ClNO3/c1-5-24-19-13-15(14-23)12-17(22)20(19)26-11-10-25-18-9-7-6-8-16(18)21(2,3)4/h6-9,12-13H,5,10-11H2,1-4H3. The molecule has 0 aliphatic carbocycles. The van der Waals surface area contributed by atoms with E-state index in [-0.39, 0.29) is 5.41 Å². The van der Waals surface area contributed by atoms with E-state index in [0.29, 0.717) is 41.9 Å². The number of nitriles is 1. The minimum Gasteiger partial charge on any atom is -0.490 e. The first-order chi connectivity index (χ1) is 12.4. The maximum Gasteiger partial charge on any atom is 0.179 e. The highest BCUT2D eigenvalue weighted by atomic mass is 35.5. The Kier molecular flexibility index (Phi) is 6.76. The minimum absolute atomic E-state index is 0.00395. The molecule has 0 atom stereocenters. The molecule has 138 valence electrons. The van der Waals surface area contributed by atoms with Gasteiger partial charge in [-0.15, -0.1) is 0 Å². The number of para-hydroxylation sites is 1. The van der Waals surface area contributed by atoms with Gasteiger partial charge in [0.25, 0.3) is 0 Å². The van der Waals surface area contributed by atoms with Gasteiger partial charge in [-0.1, -0.05) is 50.6 Å². The van der Waals surface area contributed by atoms with Crippen molar-refractivity contribution in [2.24, 2.45) is 0 Å². The molecule has 0 unspecified atom stereocenters. The summed E-state index contributed by atoms with van der Waals surface area (Å²) in [4.78, 5) is 0. The Morgan fingerprint density at radius 3 is 2.35 bits per heavy atom. The van der Waals surface area contributed by atoms with E-state index in [1.54, 1.807) is 12.1 Å². The van der Waals surface area contributed by atoms with Gasteiger partial charge in [0.1, 0.15) is 19.0 Å². The van der Waals surface area contributed by atoms with Crippen LogP contribution in [0.5, 0.6) is 17.2 Å². The summed E-state index contributed by atoms with van der Waals surface area (Å²) in [6, 6.07) is 13.2. The van der Waals surface area contributed by atoms with Crippen LogP contribution in [0.2, 0.25) is 5.02 Å². The van der Waals surface area contributed by atoms with E-state index in [1.165, 1.54) is 0 Å². The maximum absolute atomic E-state index is 9.05. The van der Waals surface area contributed by atoms with Gasteiger partial charge in [-0.05, 0) is 30.0 Å². The van der Waals surface area contributed by atoms with E-state index in [2.05, 4.69) is 32.9 Å². The molecule has 0 aliphatic rings. The van der Waals surface area contributed by atoms with E-state index in [9.17, 15) is 0 Å². The quantitative estimate of drug-likeness (QED) is 0.612. The second-order valence-electron chi connectivity index (χ2n) is 6.77. The molecular formula is C21H24ClNO3. The Morgan fingerprint density at radius 2 is 1.69 bits per heavy atom. The number of halogens is 1. The van der Waals surface area contributed by atoms with Crippen molar-refractivity contribution in [3.63, 3.8) is 0 Å². The molecule has 26 heavy (non-hydrogen) atoms. The van der Waals surface area contributed by atoms with Gasteiger partial charge in [-0.2, -0.15) is 5.26 Å². The van der Waals surface area contributed by atoms with Gasteiger partial charge in [0.05, 0.1) is 23.3 Å². The van der Waals surface area contributed by atoms with E-state index in [4.69, 9.17) is 31.1 Å². The molecule has 0 amide bonds. The molecule has 4 nitrogen and oxygen atoms in total. The zero-order valence-corrected chi connectivity index (χ0v) is 16.4. The highest BCUT2D eigenvalue weighted by molar-refractivity contribution is 6.32. The molecule has 0 aromatic heterocycles. The maximum atomic E-state index is 9.05. The summed E-state index contributed by atoms with van der Waals surface area (Å²) in [5.41, 5.74) is 1.57. The van der Waals surface area contributed by atoms with Gasteiger partial charge in [-0.3, -0.25) is 0 Å². The lowest BCUT2D eigenvalue weighted by Crippen LogP contribution is -2.16. The first kappa shape index (κ1) is 19.9. The largest absolute Gasteiger partial charge is 0.490 e. The summed E-state index contributed by atoms with van der Waals surface area (Å²) in [7, 11) is 0. The molecule has 0 aliphatic heterocycles. The topological polar surface area (TPSA) is 51.5 Å². The number of benzene rings is 2. The molecule has 5 heteroatoms. The highest BCUT2D eigenvalue weighted by Gasteiger charge is 2.18. The first-order valence-corrected chi connectivity index (χ1v) is 8.96. The van der Waals surface area contributed by atoms with E-state index >= 15 is 0 Å². The summed E-state index contributed by atoms with van der Waals surface area (Å²) in [6.45, 7) is 9.45. The minimum atomic E-state index is -0.00395. The lowest BCUT2D eigenvalue weighted by atomic mass is 9.86. The number of hydrogen-bond acceptors (Lipinski definition) is 4. The SMILES string of the molecule is CCOc1cc(C#N)cc(Cl)c1OCCOc1ccccc1C(C)(C)C. The third-order valence-electron chi connectivity index (χ3n) is 3.72. The molecule has 0 fully saturated rings. The van der Waals surface area contributed by atoms with Gasteiger partial charge in [0.15, 0.2) is 11.5 Å². The predicted molar refractivity (Wildman–Crippen MR) is 103 cm³/mol. The molecule has 2 aromatic rings. The average Bonchev–Trinajstić information content (AvgIpc) is 2.59. The molecule has 0 saturated carbocycles. The molecule has 0 N–H and O–H groups in total. The Labute approximate surface area is 160 Å². The lowest BCUT2D eigenvalue weighted by molar-refractivity contribution is 0.206. The third kappa shape index (κ3) is 5.06. The van der Waals surface area contributed by atoms with Gasteiger partial charge in [0, 0.05) is 6.07 Å². The van der Waals surface area contributed by atoms with Crippen LogP contribution in [-0.4, -0.2) is 19.8 Å². The molecule has 0 saturated heterocycles. The summed E-state index contributed by atoms with van der Waals surface area (Å²) in [5, 5.41) is 9.40. The number of ether oxygens (including phenoxy) is 3. The molecule has 0 spiro atoms. The normalized spacial score (nSPS) is 10.9. The van der Waals surface area contributed by atoms with Crippen molar-refractivity contribution >= 4 is 11.6 Å². The van der Waals surface area contributed by atoms with Gasteiger partial charge in [-0.25, -0.2) is 0 Å². The van der Waals surface area contributed by atoms with Crippen molar-refractivity contribution in [2.75, 3.05) is 19.8 Å². The number of rotatable bonds is 7. The van der Waals surface area contributed by atoms with Crippen LogP contribution in [0.15, 0.2) is 36.4 Å². The Balaban J connectivity index is 2.04. The highest BCUT2D eigenvalue weighted by Crippen LogP contribution is 2.36. The fourth-order valence-corrected chi connectivity index (χ4v) is 2.81. The molecule has 0 heterocycles. The van der Waals surface area contributed by atoms with E-state index < -0.39 is 0 Å². The Hall–Kier alpha value is -2.38. The van der Waals surface area contributed by atoms with Gasteiger partial charge < -0.3 is 14.2 Å². The van der Waals surface area contributed by atoms with Crippen LogP contribution in [0.4, 0.5) is 0 Å². The van der Waals surface area contributed by atoms with Crippen LogP contribution in [0.1, 0.15) is 38.8 Å². The van der Waals surface area contributed by atoms with Crippen LogP contribution in [-0.2, 0) is 5.41 Å². The zero-order valence-electron chi connectivity index (χ0n) is 15.6. The van der Waals surface area contributed by atoms with Crippen molar-refractivity contribution in [1.29, 1.82) is 5.26 Å². The fourth-order valence-electron chi connectivity index (χ4n) is 2.54. The van der Waals surface area contributed by atoms with Crippen LogP contribution in [0, 0.1) is 11.3 Å². The second-order valence-corrected chi connectivity index (χ2v) is 7.18. The van der Waals surface area contributed by atoms with Crippen molar-refractivity contribution in [2.45, 2.75) is 33.1 Å². The predicted octanol–water partition coefficient (Wildman–Crippen LogP) is 5.37. The second kappa shape index (κ2) is 8.82. The molecule has 2 rings (SSSR count). The van der Waals surface area contributed by atoms with E-state index in [1.807, 2.05) is 25.1 Å². The summed E-state index contributed by atoms with van der Waals surface area (Å²) in [5.74, 6) is 1.74. The number of nitrogens with zero attached hydrogens (tertiary/aromatic N) is 1. The lowest BCUT2D eigenvalue weighted by Gasteiger charge is -2.22. The Morgan fingerprint density at radius 1 is 1.00 bits per heavy atom. The monoisotopic (exact) mass is 373 g/mol. The van der Waals surface area contributed by atoms with Gasteiger partial charge >= 0.3 is 0 Å². The van der Waals surface area contributed by atoms with Gasteiger partial charge in [0.2, 0.25) is 0 Å². The van der Waals surface area contributed by atoms with Crippen molar-refractivity contribution in [3.8, 4) is 23.3 Å². The summed E-state index contributed by atoms with van der Waals surface area (Å²) < 4.78 is 17.2.